The van der Waals surface area contributed by atoms with Crippen LogP contribution in [0, 0.1) is 29.1 Å². The molecule has 2 fully saturated rings. The summed E-state index contributed by atoms with van der Waals surface area (Å²) in [6.07, 6.45) is -4.02. The van der Waals surface area contributed by atoms with Gasteiger partial charge in [-0.15, -0.1) is 0 Å². The molecule has 2 aliphatic carbocycles. The molecule has 2 bridgehead atoms. The third kappa shape index (κ3) is 2.87. The molecule has 5 atom stereocenters. The SMILES string of the molecule is CC1C2CC(C1C)C(C)(C(=O)OCC(F)(F)C(F)(F)C(F)(F)C(F)F)C2. The van der Waals surface area contributed by atoms with Crippen molar-refractivity contribution >= 4 is 5.97 Å². The largest absolute Gasteiger partial charge is 0.459 e. The van der Waals surface area contributed by atoms with Crippen molar-refractivity contribution in [2.24, 2.45) is 29.1 Å². The number of ether oxygens (including phenoxy) is 1. The molecule has 0 amide bonds. The highest BCUT2D eigenvalue weighted by atomic mass is 19.4. The van der Waals surface area contributed by atoms with Crippen molar-refractivity contribution in [2.75, 3.05) is 6.61 Å². The van der Waals surface area contributed by atoms with E-state index < -0.39 is 42.2 Å². The number of alkyl halides is 8. The van der Waals surface area contributed by atoms with E-state index in [2.05, 4.69) is 4.74 Å². The summed E-state index contributed by atoms with van der Waals surface area (Å²) >= 11 is 0. The molecule has 2 aliphatic rings. The van der Waals surface area contributed by atoms with Crippen LogP contribution in [0.4, 0.5) is 35.1 Å². The fraction of sp³-hybridized carbons (Fsp3) is 0.938. The minimum Gasteiger partial charge on any atom is -0.459 e. The Labute approximate surface area is 145 Å². The Morgan fingerprint density at radius 2 is 1.65 bits per heavy atom. The summed E-state index contributed by atoms with van der Waals surface area (Å²) in [6, 6.07) is 0. The van der Waals surface area contributed by atoms with Gasteiger partial charge >= 0.3 is 30.2 Å². The number of hydrogen-bond acceptors (Lipinski definition) is 2. The van der Waals surface area contributed by atoms with Crippen molar-refractivity contribution in [3.05, 3.63) is 0 Å². The Bertz CT molecular complexity index is 562. The Balaban J connectivity index is 2.09. The van der Waals surface area contributed by atoms with Crippen LogP contribution in [0.15, 0.2) is 0 Å². The van der Waals surface area contributed by atoms with Crippen molar-refractivity contribution in [3.8, 4) is 0 Å². The standard InChI is InChI=1S/C16H20F8O2/c1-7-8(2)10-4-9(7)5-13(10,3)12(25)26-6-14(19,20)16(23,24)15(21,22)11(17)18/h7-11H,4-6H2,1-3H3. The molecule has 5 unspecified atom stereocenters. The molecule has 0 aromatic heterocycles. The van der Waals surface area contributed by atoms with Gasteiger partial charge in [-0.25, -0.2) is 8.78 Å². The van der Waals surface area contributed by atoms with E-state index in [4.69, 9.17) is 0 Å². The normalized spacial score (nSPS) is 35.2. The zero-order valence-corrected chi connectivity index (χ0v) is 14.3. The lowest BCUT2D eigenvalue weighted by Gasteiger charge is -2.39. The maximum Gasteiger partial charge on any atom is 0.381 e. The average molecular weight is 396 g/mol. The van der Waals surface area contributed by atoms with Crippen LogP contribution in [0.1, 0.15) is 33.6 Å². The molecule has 2 rings (SSSR count). The third-order valence-electron chi connectivity index (χ3n) is 6.27. The summed E-state index contributed by atoms with van der Waals surface area (Å²) in [5.41, 5.74) is -1.19. The highest BCUT2D eigenvalue weighted by Gasteiger charge is 2.76. The van der Waals surface area contributed by atoms with Gasteiger partial charge in [-0.1, -0.05) is 13.8 Å². The second-order valence-corrected chi connectivity index (χ2v) is 7.72. The van der Waals surface area contributed by atoms with Crippen LogP contribution < -0.4 is 0 Å². The van der Waals surface area contributed by atoms with Crippen molar-refractivity contribution < 1.29 is 44.7 Å². The lowest BCUT2D eigenvalue weighted by atomic mass is 9.67. The summed E-state index contributed by atoms with van der Waals surface area (Å²) in [7, 11) is 0. The molecule has 0 aliphatic heterocycles. The van der Waals surface area contributed by atoms with Crippen LogP contribution in [0.3, 0.4) is 0 Å². The van der Waals surface area contributed by atoms with Crippen LogP contribution >= 0.6 is 0 Å². The number of esters is 1. The van der Waals surface area contributed by atoms with Crippen LogP contribution in [0.2, 0.25) is 0 Å². The number of rotatable bonds is 6. The smallest absolute Gasteiger partial charge is 0.381 e. The highest BCUT2D eigenvalue weighted by Crippen LogP contribution is 2.61. The summed E-state index contributed by atoms with van der Waals surface area (Å²) in [6.45, 7) is 2.94. The van der Waals surface area contributed by atoms with Gasteiger partial charge in [0.05, 0.1) is 5.41 Å². The van der Waals surface area contributed by atoms with E-state index in [0.29, 0.717) is 18.8 Å². The number of halogens is 8. The molecular weight excluding hydrogens is 376 g/mol. The van der Waals surface area contributed by atoms with Gasteiger partial charge in [0.1, 0.15) is 0 Å². The second-order valence-electron chi connectivity index (χ2n) is 7.72. The molecular formula is C16H20F8O2. The Morgan fingerprint density at radius 3 is 2.08 bits per heavy atom. The predicted octanol–water partition coefficient (Wildman–Crippen LogP) is 5.02. The number of carbonyl (C=O) groups is 1. The molecule has 0 spiro atoms. The van der Waals surface area contributed by atoms with Gasteiger partial charge in [0.2, 0.25) is 0 Å². The topological polar surface area (TPSA) is 26.3 Å². The van der Waals surface area contributed by atoms with Gasteiger partial charge in [0.15, 0.2) is 6.61 Å². The number of carbonyl (C=O) groups excluding carboxylic acids is 1. The lowest BCUT2D eigenvalue weighted by molar-refractivity contribution is -0.344. The average Bonchev–Trinajstić information content (AvgIpc) is 3.01. The first-order valence-electron chi connectivity index (χ1n) is 8.18. The Hall–Kier alpha value is -1.09. The molecule has 2 nitrogen and oxygen atoms in total. The van der Waals surface area contributed by atoms with Gasteiger partial charge in [-0.05, 0) is 43.4 Å². The summed E-state index contributed by atoms with van der Waals surface area (Å²) in [4.78, 5) is 12.2. The molecule has 0 N–H and O–H groups in total. The van der Waals surface area contributed by atoms with E-state index >= 15 is 0 Å². The summed E-state index contributed by atoms with van der Waals surface area (Å²) in [5.74, 6) is -19.1. The first-order chi connectivity index (χ1) is 11.6. The van der Waals surface area contributed by atoms with Gasteiger partial charge in [-0.3, -0.25) is 4.79 Å². The zero-order valence-electron chi connectivity index (χ0n) is 14.3. The van der Waals surface area contributed by atoms with E-state index in [-0.39, 0.29) is 17.8 Å². The fourth-order valence-corrected chi connectivity index (χ4v) is 4.38. The Kier molecular flexibility index (Phi) is 5.08. The predicted molar refractivity (Wildman–Crippen MR) is 74.5 cm³/mol. The van der Waals surface area contributed by atoms with Gasteiger partial charge < -0.3 is 4.74 Å². The minimum atomic E-state index is -6.37. The maximum atomic E-state index is 13.5. The van der Waals surface area contributed by atoms with Crippen LogP contribution in [-0.2, 0) is 9.53 Å². The van der Waals surface area contributed by atoms with E-state index in [0.717, 1.165) is 0 Å². The van der Waals surface area contributed by atoms with Gasteiger partial charge in [0.25, 0.3) is 0 Å². The molecule has 0 radical (unpaired) electrons. The molecule has 0 heterocycles. The molecule has 0 aromatic carbocycles. The third-order valence-corrected chi connectivity index (χ3v) is 6.27. The van der Waals surface area contributed by atoms with Crippen molar-refractivity contribution in [1.29, 1.82) is 0 Å². The zero-order chi connectivity index (χ0) is 20.3. The van der Waals surface area contributed by atoms with Crippen LogP contribution in [0.25, 0.3) is 0 Å². The first-order valence-corrected chi connectivity index (χ1v) is 8.18. The number of hydrogen-bond donors (Lipinski definition) is 0. The minimum absolute atomic E-state index is 0.0800. The first kappa shape index (κ1) is 21.2. The quantitative estimate of drug-likeness (QED) is 0.466. The molecule has 26 heavy (non-hydrogen) atoms. The highest BCUT2D eigenvalue weighted by molar-refractivity contribution is 5.77. The van der Waals surface area contributed by atoms with Gasteiger partial charge in [-0.2, -0.15) is 26.3 Å². The summed E-state index contributed by atoms with van der Waals surface area (Å²) < 4.78 is 108. The summed E-state index contributed by atoms with van der Waals surface area (Å²) in [5, 5.41) is 0. The number of fused-ring (bicyclic) bond motifs is 2. The second kappa shape index (κ2) is 6.22. The molecule has 0 aromatic rings. The van der Waals surface area contributed by atoms with E-state index in [1.807, 2.05) is 13.8 Å². The van der Waals surface area contributed by atoms with Crippen molar-refractivity contribution in [1.82, 2.24) is 0 Å². The van der Waals surface area contributed by atoms with Crippen molar-refractivity contribution in [2.45, 2.75) is 57.8 Å². The molecule has 10 heteroatoms. The van der Waals surface area contributed by atoms with Crippen molar-refractivity contribution in [3.63, 3.8) is 0 Å². The van der Waals surface area contributed by atoms with Crippen LogP contribution in [-0.4, -0.2) is 36.8 Å². The van der Waals surface area contributed by atoms with Gasteiger partial charge in [0, 0.05) is 0 Å². The van der Waals surface area contributed by atoms with Crippen LogP contribution in [0.5, 0.6) is 0 Å². The molecule has 0 saturated heterocycles. The Morgan fingerprint density at radius 1 is 1.12 bits per heavy atom. The molecule has 2 saturated carbocycles. The lowest BCUT2D eigenvalue weighted by Crippen LogP contribution is -2.59. The fourth-order valence-electron chi connectivity index (χ4n) is 4.38. The van der Waals surface area contributed by atoms with E-state index in [9.17, 15) is 39.9 Å². The monoisotopic (exact) mass is 396 g/mol. The van der Waals surface area contributed by atoms with E-state index in [1.54, 1.807) is 0 Å². The van der Waals surface area contributed by atoms with E-state index in [1.165, 1.54) is 6.92 Å². The molecule has 152 valence electrons. The maximum absolute atomic E-state index is 13.5.